The maximum atomic E-state index is 12.5. The summed E-state index contributed by atoms with van der Waals surface area (Å²) in [5, 5.41) is 0. The highest BCUT2D eigenvalue weighted by Crippen LogP contribution is 2.20. The van der Waals surface area contributed by atoms with E-state index >= 15 is 0 Å². The second kappa shape index (κ2) is 6.53. The Hall–Kier alpha value is -2.47. The van der Waals surface area contributed by atoms with E-state index in [-0.39, 0.29) is 12.5 Å². The quantitative estimate of drug-likeness (QED) is 0.875. The highest BCUT2D eigenvalue weighted by Gasteiger charge is 2.42. The van der Waals surface area contributed by atoms with Crippen molar-refractivity contribution in [2.75, 3.05) is 6.61 Å². The van der Waals surface area contributed by atoms with E-state index in [1.807, 2.05) is 39.0 Å². The van der Waals surface area contributed by atoms with Crippen LogP contribution in [-0.4, -0.2) is 28.0 Å². The number of benzene rings is 1. The smallest absolute Gasteiger partial charge is 0.406 e. The maximum Gasteiger partial charge on any atom is 0.406 e. The van der Waals surface area contributed by atoms with Crippen LogP contribution in [0.4, 0.5) is 5.82 Å². The molecule has 2 aromatic rings. The summed E-state index contributed by atoms with van der Waals surface area (Å²) in [5.41, 5.74) is -1.03. The number of carbonyl (C=O) groups excluding carboxylic acids is 1. The number of H-pyrrole nitrogens is 1. The van der Waals surface area contributed by atoms with E-state index < -0.39 is 11.2 Å². The van der Waals surface area contributed by atoms with Crippen molar-refractivity contribution in [3.63, 3.8) is 0 Å². The van der Waals surface area contributed by atoms with Crippen LogP contribution in [0.1, 0.15) is 20.8 Å². The Morgan fingerprint density at radius 3 is 2.50 bits per heavy atom. The largest absolute Gasteiger partial charge is 0.479 e. The van der Waals surface area contributed by atoms with Gasteiger partial charge in [-0.05, 0) is 37.8 Å². The van der Waals surface area contributed by atoms with Gasteiger partial charge in [0.05, 0.1) is 0 Å². The minimum absolute atomic E-state index is 0.129. The van der Waals surface area contributed by atoms with Crippen LogP contribution >= 0.6 is 0 Å². The molecular weight excluding hydrogens is 282 g/mol. The normalized spacial score (nSPS) is 11.5. The molecule has 0 saturated carbocycles. The van der Waals surface area contributed by atoms with E-state index in [0.717, 1.165) is 0 Å². The number of aromatic nitrogens is 2. The van der Waals surface area contributed by atoms with Gasteiger partial charge in [-0.15, -0.1) is 4.98 Å². The van der Waals surface area contributed by atoms with Crippen molar-refractivity contribution in [1.82, 2.24) is 14.9 Å². The molecule has 115 valence electrons. The third-order valence-electron chi connectivity index (χ3n) is 2.91. The molecule has 22 heavy (non-hydrogen) atoms. The lowest BCUT2D eigenvalue weighted by Crippen LogP contribution is -2.50. The number of anilines is 1. The van der Waals surface area contributed by atoms with Gasteiger partial charge in [-0.1, -0.05) is 18.2 Å². The summed E-state index contributed by atoms with van der Waals surface area (Å²) in [6.07, 6.45) is 1.47. The van der Waals surface area contributed by atoms with Crippen LogP contribution < -0.4 is 15.3 Å². The molecule has 1 aromatic carbocycles. The summed E-state index contributed by atoms with van der Waals surface area (Å²) in [4.78, 5) is 31.7. The van der Waals surface area contributed by atoms with Crippen LogP contribution in [0.3, 0.4) is 0 Å². The third-order valence-corrected chi connectivity index (χ3v) is 2.91. The SMILES string of the molecule is CC(C)(C)[N+](C(=O)COc1ccccc1)c1cc[nH]c(=O)n1. The molecule has 0 aliphatic heterocycles. The number of amides is 1. The van der Waals surface area contributed by atoms with Crippen molar-refractivity contribution in [3.8, 4) is 5.75 Å². The van der Waals surface area contributed by atoms with Crippen molar-refractivity contribution < 1.29 is 9.53 Å². The molecule has 1 heterocycles. The fourth-order valence-electron chi connectivity index (χ4n) is 2.06. The van der Waals surface area contributed by atoms with Gasteiger partial charge in [0.1, 0.15) is 5.75 Å². The first-order valence-electron chi connectivity index (χ1n) is 6.94. The number of para-hydroxylation sites is 1. The van der Waals surface area contributed by atoms with Gasteiger partial charge in [0.25, 0.3) is 5.82 Å². The van der Waals surface area contributed by atoms with E-state index in [4.69, 9.17) is 4.74 Å². The summed E-state index contributed by atoms with van der Waals surface area (Å²) >= 11 is 0. The average molecular weight is 301 g/mol. The van der Waals surface area contributed by atoms with Gasteiger partial charge in [-0.2, -0.15) is 0 Å². The Bertz CT molecular complexity index is 690. The summed E-state index contributed by atoms with van der Waals surface area (Å²) in [6, 6.07) is 10.7. The molecule has 0 aliphatic carbocycles. The molecule has 0 aliphatic rings. The third kappa shape index (κ3) is 4.02. The lowest BCUT2D eigenvalue weighted by Gasteiger charge is -2.21. The molecule has 1 aromatic heterocycles. The molecule has 0 fully saturated rings. The fourth-order valence-corrected chi connectivity index (χ4v) is 2.06. The van der Waals surface area contributed by atoms with Gasteiger partial charge in [0.2, 0.25) is 6.61 Å². The number of aromatic amines is 1. The van der Waals surface area contributed by atoms with E-state index in [1.54, 1.807) is 18.2 Å². The molecular formula is C16H19N3O3+. The first-order valence-corrected chi connectivity index (χ1v) is 6.94. The predicted octanol–water partition coefficient (Wildman–Crippen LogP) is 1.95. The molecule has 0 atom stereocenters. The van der Waals surface area contributed by atoms with Crippen molar-refractivity contribution >= 4 is 11.7 Å². The Morgan fingerprint density at radius 2 is 1.91 bits per heavy atom. The molecule has 1 radical (unpaired) electrons. The molecule has 6 nitrogen and oxygen atoms in total. The molecule has 0 bridgehead atoms. The van der Waals surface area contributed by atoms with Crippen LogP contribution in [0, 0.1) is 0 Å². The number of nitrogens with one attached hydrogen (secondary N) is 1. The van der Waals surface area contributed by atoms with E-state index in [1.165, 1.54) is 11.1 Å². The fraction of sp³-hybridized carbons (Fsp3) is 0.312. The second-order valence-electron chi connectivity index (χ2n) is 5.75. The average Bonchev–Trinajstić information content (AvgIpc) is 2.45. The number of nitrogens with zero attached hydrogens (tertiary/aromatic N) is 2. The molecule has 0 saturated heterocycles. The minimum Gasteiger partial charge on any atom is -0.479 e. The van der Waals surface area contributed by atoms with Gasteiger partial charge >= 0.3 is 11.6 Å². The number of carbonyl (C=O) groups is 1. The van der Waals surface area contributed by atoms with Gasteiger partial charge in [0, 0.05) is 12.3 Å². The monoisotopic (exact) mass is 301 g/mol. The molecule has 0 unspecified atom stereocenters. The highest BCUT2D eigenvalue weighted by molar-refractivity contribution is 5.85. The number of hydrogen-bond acceptors (Lipinski definition) is 4. The van der Waals surface area contributed by atoms with Crippen LogP contribution in [0.15, 0.2) is 47.4 Å². The Balaban J connectivity index is 2.19. The molecule has 1 amide bonds. The van der Waals surface area contributed by atoms with E-state index in [2.05, 4.69) is 9.97 Å². The Labute approximate surface area is 128 Å². The summed E-state index contributed by atoms with van der Waals surface area (Å²) in [7, 11) is 0. The van der Waals surface area contributed by atoms with Crippen LogP contribution in [-0.2, 0) is 4.79 Å². The number of ether oxygens (including phenoxy) is 1. The van der Waals surface area contributed by atoms with Crippen molar-refractivity contribution in [1.29, 1.82) is 0 Å². The van der Waals surface area contributed by atoms with E-state index in [9.17, 15) is 9.59 Å². The van der Waals surface area contributed by atoms with Crippen LogP contribution in [0.25, 0.3) is 0 Å². The zero-order valence-corrected chi connectivity index (χ0v) is 12.9. The Morgan fingerprint density at radius 1 is 1.23 bits per heavy atom. The predicted molar refractivity (Wildman–Crippen MR) is 83.3 cm³/mol. The maximum absolute atomic E-state index is 12.5. The van der Waals surface area contributed by atoms with Gasteiger partial charge < -0.3 is 9.72 Å². The topological polar surface area (TPSA) is 78.0 Å². The lowest BCUT2D eigenvalue weighted by atomic mass is 10.1. The van der Waals surface area contributed by atoms with Gasteiger partial charge in [-0.3, -0.25) is 0 Å². The van der Waals surface area contributed by atoms with Crippen molar-refractivity contribution in [2.45, 2.75) is 26.3 Å². The Kier molecular flexibility index (Phi) is 4.72. The first-order chi connectivity index (χ1) is 10.4. The number of hydrogen-bond donors (Lipinski definition) is 1. The zero-order chi connectivity index (χ0) is 16.2. The van der Waals surface area contributed by atoms with Crippen molar-refractivity contribution in [3.05, 3.63) is 53.1 Å². The van der Waals surface area contributed by atoms with Crippen LogP contribution in [0.2, 0.25) is 0 Å². The number of rotatable bonds is 4. The lowest BCUT2D eigenvalue weighted by molar-refractivity contribution is -0.128. The second-order valence-corrected chi connectivity index (χ2v) is 5.75. The molecule has 2 rings (SSSR count). The minimum atomic E-state index is -0.530. The summed E-state index contributed by atoms with van der Waals surface area (Å²) < 4.78 is 5.49. The van der Waals surface area contributed by atoms with Gasteiger partial charge in [0.15, 0.2) is 5.54 Å². The highest BCUT2D eigenvalue weighted by atomic mass is 16.5. The van der Waals surface area contributed by atoms with Crippen LogP contribution in [0.5, 0.6) is 5.75 Å². The molecule has 0 spiro atoms. The van der Waals surface area contributed by atoms with E-state index in [0.29, 0.717) is 11.6 Å². The standard InChI is InChI=1S/C16H19N3O3/c1-16(2,3)19(13-9-10-17-15(21)18-13)14(20)11-22-12-7-5-4-6-8-12/h4-10H,11H2,1-3H3,(H,17,18,21)/q+1. The summed E-state index contributed by atoms with van der Waals surface area (Å²) in [6.45, 7) is 5.48. The van der Waals surface area contributed by atoms with Crippen molar-refractivity contribution in [2.24, 2.45) is 0 Å². The molecule has 1 N–H and O–H groups in total. The molecule has 6 heteroatoms. The first kappa shape index (κ1) is 15.9. The zero-order valence-electron chi connectivity index (χ0n) is 12.9. The van der Waals surface area contributed by atoms with Gasteiger partial charge in [-0.25, -0.2) is 9.59 Å². The summed E-state index contributed by atoms with van der Waals surface area (Å²) in [5.74, 6) is 0.649.